The second-order valence-electron chi connectivity index (χ2n) is 6.68. The van der Waals surface area contributed by atoms with E-state index in [1.54, 1.807) is 24.3 Å². The van der Waals surface area contributed by atoms with Gasteiger partial charge in [-0.15, -0.1) is 0 Å². The number of carbonyl (C=O) groups excluding carboxylic acids is 3. The quantitative estimate of drug-likeness (QED) is 0.737. The van der Waals surface area contributed by atoms with Crippen LogP contribution in [0.5, 0.6) is 11.5 Å². The van der Waals surface area contributed by atoms with E-state index in [4.69, 9.17) is 18.6 Å². The molecule has 1 fully saturated rings. The number of nitrogens with zero attached hydrogens (tertiary/aromatic N) is 1. The molecule has 1 aromatic heterocycles. The van der Waals surface area contributed by atoms with Crippen molar-refractivity contribution in [2.45, 2.75) is 31.7 Å². The van der Waals surface area contributed by atoms with Crippen molar-refractivity contribution in [3.8, 4) is 11.5 Å². The fourth-order valence-electron chi connectivity index (χ4n) is 3.75. The molecule has 0 radical (unpaired) electrons. The standard InChI is InChI=1S/C20H20N2O7/c1-26-14-7-5-12-16(17(14)27-2)20(25)29-19(12)22-13(6-8-15(22)23)18(24)21-10-11-4-3-9-28-11/h3-5,7,9,13,19H,6,8,10H2,1-2H3,(H,21,24). The zero-order valence-corrected chi connectivity index (χ0v) is 16.0. The molecular formula is C20H20N2O7. The molecule has 0 saturated carbocycles. The van der Waals surface area contributed by atoms with Crippen molar-refractivity contribution in [3.63, 3.8) is 0 Å². The number of carbonyl (C=O) groups is 3. The van der Waals surface area contributed by atoms with Crippen LogP contribution in [-0.2, 0) is 20.9 Å². The van der Waals surface area contributed by atoms with Crippen LogP contribution in [0.25, 0.3) is 0 Å². The van der Waals surface area contributed by atoms with Crippen LogP contribution in [0.2, 0.25) is 0 Å². The van der Waals surface area contributed by atoms with Gasteiger partial charge in [0.15, 0.2) is 11.5 Å². The number of hydrogen-bond acceptors (Lipinski definition) is 7. The smallest absolute Gasteiger partial charge is 0.344 e. The molecule has 152 valence electrons. The van der Waals surface area contributed by atoms with Crippen LogP contribution >= 0.6 is 0 Å². The summed E-state index contributed by atoms with van der Waals surface area (Å²) in [7, 11) is 2.88. The van der Waals surface area contributed by atoms with E-state index in [0.717, 1.165) is 0 Å². The maximum Gasteiger partial charge on any atom is 0.344 e. The molecule has 2 aliphatic heterocycles. The van der Waals surface area contributed by atoms with Crippen LogP contribution in [0.15, 0.2) is 34.9 Å². The van der Waals surface area contributed by atoms with E-state index in [-0.39, 0.29) is 36.1 Å². The number of benzene rings is 1. The molecule has 1 saturated heterocycles. The lowest BCUT2D eigenvalue weighted by Crippen LogP contribution is -2.46. The molecule has 0 aliphatic carbocycles. The van der Waals surface area contributed by atoms with E-state index < -0.39 is 18.2 Å². The number of esters is 1. The van der Waals surface area contributed by atoms with E-state index in [0.29, 0.717) is 23.5 Å². The second kappa shape index (κ2) is 7.50. The highest BCUT2D eigenvalue weighted by atomic mass is 16.6. The number of fused-ring (bicyclic) bond motifs is 1. The van der Waals surface area contributed by atoms with Crippen LogP contribution in [0.4, 0.5) is 0 Å². The lowest BCUT2D eigenvalue weighted by atomic mass is 10.1. The Morgan fingerprint density at radius 1 is 1.24 bits per heavy atom. The summed E-state index contributed by atoms with van der Waals surface area (Å²) in [4.78, 5) is 39.2. The van der Waals surface area contributed by atoms with Gasteiger partial charge in [-0.2, -0.15) is 0 Å². The summed E-state index contributed by atoms with van der Waals surface area (Å²) in [6, 6.07) is 6.00. The first kappa shape index (κ1) is 18.9. The second-order valence-corrected chi connectivity index (χ2v) is 6.68. The Balaban J connectivity index is 1.61. The van der Waals surface area contributed by atoms with Crippen LogP contribution < -0.4 is 14.8 Å². The molecule has 2 atom stereocenters. The summed E-state index contributed by atoms with van der Waals surface area (Å²) in [5.41, 5.74) is 0.665. The number of nitrogens with one attached hydrogen (secondary N) is 1. The monoisotopic (exact) mass is 400 g/mol. The number of furan rings is 1. The molecule has 2 amide bonds. The number of methoxy groups -OCH3 is 2. The van der Waals surface area contributed by atoms with Crippen molar-refractivity contribution >= 4 is 17.8 Å². The van der Waals surface area contributed by atoms with Gasteiger partial charge in [-0.05, 0) is 30.7 Å². The van der Waals surface area contributed by atoms with Gasteiger partial charge in [0, 0.05) is 12.0 Å². The van der Waals surface area contributed by atoms with Gasteiger partial charge in [0.05, 0.1) is 27.0 Å². The molecule has 2 unspecified atom stereocenters. The average molecular weight is 400 g/mol. The predicted octanol–water partition coefficient (Wildman–Crippen LogP) is 1.77. The number of cyclic esters (lactones) is 1. The number of likely N-dealkylation sites (tertiary alicyclic amines) is 1. The molecule has 0 bridgehead atoms. The SMILES string of the molecule is COc1ccc2c(c1OC)C(=O)OC2N1C(=O)CCC1C(=O)NCc1ccco1. The average Bonchev–Trinajstić information content (AvgIpc) is 3.45. The molecule has 29 heavy (non-hydrogen) atoms. The molecule has 3 heterocycles. The first-order valence-electron chi connectivity index (χ1n) is 9.12. The van der Waals surface area contributed by atoms with Crippen molar-refractivity contribution in [1.29, 1.82) is 0 Å². The number of amides is 2. The zero-order chi connectivity index (χ0) is 20.5. The van der Waals surface area contributed by atoms with Gasteiger partial charge in [-0.1, -0.05) is 0 Å². The van der Waals surface area contributed by atoms with Gasteiger partial charge in [-0.3, -0.25) is 14.5 Å². The third-order valence-corrected chi connectivity index (χ3v) is 5.09. The Hall–Kier alpha value is -3.49. The lowest BCUT2D eigenvalue weighted by molar-refractivity contribution is -0.145. The maximum absolute atomic E-state index is 12.7. The van der Waals surface area contributed by atoms with Gasteiger partial charge >= 0.3 is 5.97 Å². The summed E-state index contributed by atoms with van der Waals surface area (Å²) < 4.78 is 21.3. The Morgan fingerprint density at radius 3 is 2.76 bits per heavy atom. The Kier molecular flexibility index (Phi) is 4.87. The minimum absolute atomic E-state index is 0.190. The van der Waals surface area contributed by atoms with Gasteiger partial charge in [-0.25, -0.2) is 4.79 Å². The van der Waals surface area contributed by atoms with Gasteiger partial charge in [0.25, 0.3) is 0 Å². The van der Waals surface area contributed by atoms with Gasteiger partial charge in [0.1, 0.15) is 17.4 Å². The fraction of sp³-hybridized carbons (Fsp3) is 0.350. The zero-order valence-electron chi connectivity index (χ0n) is 16.0. The van der Waals surface area contributed by atoms with Crippen molar-refractivity contribution in [2.24, 2.45) is 0 Å². The fourth-order valence-corrected chi connectivity index (χ4v) is 3.75. The summed E-state index contributed by atoms with van der Waals surface area (Å²) >= 11 is 0. The molecule has 9 nitrogen and oxygen atoms in total. The highest BCUT2D eigenvalue weighted by Gasteiger charge is 2.47. The molecule has 1 aromatic carbocycles. The minimum Gasteiger partial charge on any atom is -0.493 e. The van der Waals surface area contributed by atoms with E-state index in [9.17, 15) is 14.4 Å². The Labute approximate surface area is 166 Å². The van der Waals surface area contributed by atoms with E-state index >= 15 is 0 Å². The first-order chi connectivity index (χ1) is 14.0. The molecule has 4 rings (SSSR count). The molecule has 1 N–H and O–H groups in total. The van der Waals surface area contributed by atoms with E-state index in [1.165, 1.54) is 25.4 Å². The lowest BCUT2D eigenvalue weighted by Gasteiger charge is -2.29. The van der Waals surface area contributed by atoms with E-state index in [2.05, 4.69) is 5.32 Å². The molecule has 9 heteroatoms. The minimum atomic E-state index is -0.994. The highest BCUT2D eigenvalue weighted by Crippen LogP contribution is 2.45. The van der Waals surface area contributed by atoms with Crippen LogP contribution in [-0.4, -0.2) is 42.9 Å². The topological polar surface area (TPSA) is 107 Å². The Morgan fingerprint density at radius 2 is 2.07 bits per heavy atom. The van der Waals surface area contributed by atoms with Crippen LogP contribution in [0, 0.1) is 0 Å². The Bertz CT molecular complexity index is 954. The maximum atomic E-state index is 12.7. The molecule has 2 aromatic rings. The largest absolute Gasteiger partial charge is 0.493 e. The summed E-state index contributed by atoms with van der Waals surface area (Å²) in [5.74, 6) is -0.00740. The first-order valence-corrected chi connectivity index (χ1v) is 9.12. The number of hydrogen-bond donors (Lipinski definition) is 1. The van der Waals surface area contributed by atoms with Crippen molar-refractivity contribution in [3.05, 3.63) is 47.4 Å². The van der Waals surface area contributed by atoms with Gasteiger partial charge < -0.3 is 23.9 Å². The molecule has 0 spiro atoms. The number of rotatable bonds is 6. The van der Waals surface area contributed by atoms with Crippen LogP contribution in [0.3, 0.4) is 0 Å². The van der Waals surface area contributed by atoms with Gasteiger partial charge in [0.2, 0.25) is 18.0 Å². The van der Waals surface area contributed by atoms with Crippen LogP contribution in [0.1, 0.15) is 40.8 Å². The summed E-state index contributed by atoms with van der Waals surface area (Å²) in [6.45, 7) is 0.205. The summed E-state index contributed by atoms with van der Waals surface area (Å²) in [6.07, 6.45) is 1.05. The normalized spacial score (nSPS) is 20.4. The van der Waals surface area contributed by atoms with Crippen molar-refractivity contribution < 1.29 is 33.0 Å². The third kappa shape index (κ3) is 3.18. The van der Waals surface area contributed by atoms with Crippen molar-refractivity contribution in [2.75, 3.05) is 14.2 Å². The molecule has 2 aliphatic rings. The highest BCUT2D eigenvalue weighted by molar-refractivity contribution is 5.99. The third-order valence-electron chi connectivity index (χ3n) is 5.09. The number of ether oxygens (including phenoxy) is 3. The molecular weight excluding hydrogens is 380 g/mol. The van der Waals surface area contributed by atoms with E-state index in [1.807, 2.05) is 0 Å². The van der Waals surface area contributed by atoms with Crippen molar-refractivity contribution in [1.82, 2.24) is 10.2 Å². The predicted molar refractivity (Wildman–Crippen MR) is 98.1 cm³/mol. The summed E-state index contributed by atoms with van der Waals surface area (Å²) in [5, 5.41) is 2.77.